The largest absolute Gasteiger partial charge is 0.368 e. The molecule has 2 saturated heterocycles. The van der Waals surface area contributed by atoms with Crippen LogP contribution in [-0.2, 0) is 13.1 Å². The van der Waals surface area contributed by atoms with Crippen molar-refractivity contribution < 1.29 is 0 Å². The van der Waals surface area contributed by atoms with Crippen LogP contribution in [0.3, 0.4) is 0 Å². The molecule has 2 aromatic heterocycles. The molecule has 0 aromatic carbocycles. The molecule has 2 aromatic rings. The molecule has 0 radical (unpaired) electrons. The molecular weight excluding hydrogens is 380 g/mol. The normalized spacial score (nSPS) is 21.5. The average molecular weight is 415 g/mol. The third-order valence-corrected chi connectivity index (χ3v) is 6.11. The third-order valence-electron chi connectivity index (χ3n) is 6.11. The highest BCUT2D eigenvalue weighted by Gasteiger charge is 2.25. The molecule has 0 aliphatic carbocycles. The van der Waals surface area contributed by atoms with Crippen molar-refractivity contribution in [2.75, 3.05) is 51.2 Å². The Hall–Kier alpha value is -2.26. The van der Waals surface area contributed by atoms with Crippen molar-refractivity contribution >= 4 is 5.69 Å². The van der Waals surface area contributed by atoms with Crippen LogP contribution in [0.15, 0.2) is 23.4 Å². The molecule has 9 heteroatoms. The van der Waals surface area contributed by atoms with Gasteiger partial charge >= 0.3 is 0 Å². The number of nitrogens with zero attached hydrogens (tertiary/aromatic N) is 8. The molecular formula is C21H34N8O. The van der Waals surface area contributed by atoms with Crippen molar-refractivity contribution in [3.8, 4) is 0 Å². The lowest BCUT2D eigenvalue weighted by Crippen LogP contribution is -2.45. The Kier molecular flexibility index (Phi) is 6.48. The van der Waals surface area contributed by atoms with Crippen LogP contribution in [0.25, 0.3) is 0 Å². The van der Waals surface area contributed by atoms with Gasteiger partial charge < -0.3 is 9.80 Å². The Morgan fingerprint density at radius 3 is 2.67 bits per heavy atom. The van der Waals surface area contributed by atoms with Gasteiger partial charge in [0.15, 0.2) is 0 Å². The summed E-state index contributed by atoms with van der Waals surface area (Å²) in [7, 11) is 2.13. The van der Waals surface area contributed by atoms with E-state index in [9.17, 15) is 4.79 Å². The van der Waals surface area contributed by atoms with E-state index in [0.717, 1.165) is 76.7 Å². The Labute approximate surface area is 178 Å². The zero-order valence-electron chi connectivity index (χ0n) is 18.4. The number of anilines is 1. The van der Waals surface area contributed by atoms with Crippen molar-refractivity contribution in [3.63, 3.8) is 0 Å². The van der Waals surface area contributed by atoms with Gasteiger partial charge in [-0.2, -0.15) is 10.2 Å². The quantitative estimate of drug-likeness (QED) is 0.700. The van der Waals surface area contributed by atoms with Crippen LogP contribution in [0.1, 0.15) is 38.6 Å². The number of rotatable bonds is 6. The highest BCUT2D eigenvalue weighted by molar-refractivity contribution is 5.43. The van der Waals surface area contributed by atoms with Crippen LogP contribution < -0.4 is 10.5 Å². The van der Waals surface area contributed by atoms with Crippen molar-refractivity contribution in [2.45, 2.75) is 45.8 Å². The Balaban J connectivity index is 1.42. The second-order valence-electron chi connectivity index (χ2n) is 9.07. The van der Waals surface area contributed by atoms with Gasteiger partial charge in [-0.3, -0.25) is 9.69 Å². The van der Waals surface area contributed by atoms with Crippen LogP contribution >= 0.6 is 0 Å². The van der Waals surface area contributed by atoms with Crippen LogP contribution in [0.2, 0.25) is 0 Å². The van der Waals surface area contributed by atoms with Crippen LogP contribution in [0.5, 0.6) is 0 Å². The van der Waals surface area contributed by atoms with Gasteiger partial charge in [-0.25, -0.2) is 14.3 Å². The topological polar surface area (TPSA) is 75.3 Å². The summed E-state index contributed by atoms with van der Waals surface area (Å²) in [5.74, 6) is 1.52. The lowest BCUT2D eigenvalue weighted by atomic mass is 10.1. The summed E-state index contributed by atoms with van der Waals surface area (Å²) in [5, 5.41) is 8.95. The minimum atomic E-state index is 0.00116. The average Bonchev–Trinajstić information content (AvgIpc) is 3.14. The molecule has 30 heavy (non-hydrogen) atoms. The molecule has 9 nitrogen and oxygen atoms in total. The standard InChI is InChI=1S/C21H34N8O/c1-17(2)13-28-20(22-16-24-28)15-26-6-4-5-18(14-26)29-21(30)11-19(12-23-29)27-9-7-25(3)8-10-27/h11-12,16-18H,4-10,13-15H2,1-3H3. The van der Waals surface area contributed by atoms with Crippen molar-refractivity contribution in [1.29, 1.82) is 0 Å². The van der Waals surface area contributed by atoms with Crippen LogP contribution in [0.4, 0.5) is 5.69 Å². The highest BCUT2D eigenvalue weighted by Crippen LogP contribution is 2.22. The maximum absolute atomic E-state index is 12.9. The van der Waals surface area contributed by atoms with E-state index >= 15 is 0 Å². The maximum Gasteiger partial charge on any atom is 0.269 e. The van der Waals surface area contributed by atoms with E-state index in [1.807, 2.05) is 10.9 Å². The van der Waals surface area contributed by atoms with E-state index in [-0.39, 0.29) is 11.6 Å². The van der Waals surface area contributed by atoms with Crippen molar-refractivity contribution in [3.05, 3.63) is 34.8 Å². The van der Waals surface area contributed by atoms with Crippen LogP contribution in [0, 0.1) is 5.92 Å². The van der Waals surface area contributed by atoms with Crippen molar-refractivity contribution in [1.82, 2.24) is 34.3 Å². The van der Waals surface area contributed by atoms with E-state index in [0.29, 0.717) is 5.92 Å². The molecule has 1 unspecified atom stereocenters. The van der Waals surface area contributed by atoms with Gasteiger partial charge in [0, 0.05) is 45.3 Å². The summed E-state index contributed by atoms with van der Waals surface area (Å²) in [6.07, 6.45) is 5.54. The molecule has 0 spiro atoms. The fraction of sp³-hybridized carbons (Fsp3) is 0.714. The summed E-state index contributed by atoms with van der Waals surface area (Å²) < 4.78 is 3.69. The number of hydrogen-bond acceptors (Lipinski definition) is 7. The highest BCUT2D eigenvalue weighted by atomic mass is 16.1. The Bertz CT molecular complexity index is 883. The third kappa shape index (κ3) is 4.89. The van der Waals surface area contributed by atoms with E-state index < -0.39 is 0 Å². The van der Waals surface area contributed by atoms with Crippen molar-refractivity contribution in [2.24, 2.45) is 5.92 Å². The molecule has 2 aliphatic heterocycles. The number of piperidine rings is 1. The number of hydrogen-bond donors (Lipinski definition) is 0. The van der Waals surface area contributed by atoms with Gasteiger partial charge in [0.2, 0.25) is 0 Å². The van der Waals surface area contributed by atoms with Gasteiger partial charge in [-0.15, -0.1) is 0 Å². The zero-order valence-corrected chi connectivity index (χ0v) is 18.4. The first-order valence-corrected chi connectivity index (χ1v) is 11.1. The van der Waals surface area contributed by atoms with Gasteiger partial charge in [0.1, 0.15) is 12.2 Å². The van der Waals surface area contributed by atoms with E-state index in [2.05, 4.69) is 50.8 Å². The Morgan fingerprint density at radius 1 is 1.13 bits per heavy atom. The second kappa shape index (κ2) is 9.26. The van der Waals surface area contributed by atoms with Crippen LogP contribution in [-0.4, -0.2) is 80.7 Å². The smallest absolute Gasteiger partial charge is 0.269 e. The lowest BCUT2D eigenvalue weighted by molar-refractivity contribution is 0.154. The van der Waals surface area contributed by atoms with E-state index in [1.165, 1.54) is 0 Å². The van der Waals surface area contributed by atoms with Gasteiger partial charge in [-0.1, -0.05) is 13.8 Å². The lowest BCUT2D eigenvalue weighted by Gasteiger charge is -2.34. The first-order chi connectivity index (χ1) is 14.5. The number of piperazine rings is 1. The maximum atomic E-state index is 12.9. The summed E-state index contributed by atoms with van der Waals surface area (Å²) in [6.45, 7) is 11.8. The predicted molar refractivity (Wildman–Crippen MR) is 117 cm³/mol. The number of likely N-dealkylation sites (N-methyl/N-ethyl adjacent to an activating group) is 1. The fourth-order valence-electron chi connectivity index (χ4n) is 4.40. The molecule has 0 N–H and O–H groups in total. The Morgan fingerprint density at radius 2 is 1.93 bits per heavy atom. The molecule has 4 heterocycles. The van der Waals surface area contributed by atoms with Gasteiger partial charge in [-0.05, 0) is 32.4 Å². The molecule has 2 aliphatic rings. The van der Waals surface area contributed by atoms with Gasteiger partial charge in [0.25, 0.3) is 5.56 Å². The molecule has 164 valence electrons. The molecule has 0 saturated carbocycles. The second-order valence-corrected chi connectivity index (χ2v) is 9.07. The first-order valence-electron chi connectivity index (χ1n) is 11.1. The zero-order chi connectivity index (χ0) is 21.1. The predicted octanol–water partition coefficient (Wildman–Crippen LogP) is 1.08. The summed E-state index contributed by atoms with van der Waals surface area (Å²) in [4.78, 5) is 24.3. The molecule has 4 rings (SSSR count). The van der Waals surface area contributed by atoms with E-state index in [4.69, 9.17) is 0 Å². The summed E-state index contributed by atoms with van der Waals surface area (Å²) >= 11 is 0. The monoisotopic (exact) mass is 414 g/mol. The molecule has 2 fully saturated rings. The SMILES string of the molecule is CC(C)Cn1ncnc1CN1CCCC(n2ncc(N3CCN(C)CC3)cc2=O)C1. The fourth-order valence-corrected chi connectivity index (χ4v) is 4.40. The van der Waals surface area contributed by atoms with E-state index in [1.54, 1.807) is 17.1 Å². The minimum absolute atomic E-state index is 0.00116. The number of aromatic nitrogens is 5. The number of likely N-dealkylation sites (tertiary alicyclic amines) is 1. The minimum Gasteiger partial charge on any atom is -0.368 e. The molecule has 0 bridgehead atoms. The molecule has 1 atom stereocenters. The summed E-state index contributed by atoms with van der Waals surface area (Å²) in [6, 6.07) is 1.87. The van der Waals surface area contributed by atoms with Gasteiger partial charge in [0.05, 0.1) is 24.5 Å². The first kappa shape index (κ1) is 21.0. The molecule has 0 amide bonds. The summed E-state index contributed by atoms with van der Waals surface area (Å²) in [5.41, 5.74) is 0.944.